The van der Waals surface area contributed by atoms with E-state index in [0.29, 0.717) is 13.1 Å². The minimum absolute atomic E-state index is 0.0281. The van der Waals surface area contributed by atoms with Gasteiger partial charge in [0.25, 0.3) is 5.92 Å². The number of alkyl halides is 2. The standard InChI is InChI=1S/C10H18F2N2/c1-8(2)14-5-9(6-14)4-13(3)7-10(9,11)12/h8H,4-7H2,1-3H3/i3D3. The van der Waals surface area contributed by atoms with Crippen LogP contribution >= 0.6 is 0 Å². The van der Waals surface area contributed by atoms with Gasteiger partial charge < -0.3 is 0 Å². The third-order valence-corrected chi connectivity index (χ3v) is 3.40. The van der Waals surface area contributed by atoms with Gasteiger partial charge in [-0.3, -0.25) is 9.80 Å². The lowest BCUT2D eigenvalue weighted by molar-refractivity contribution is -0.163. The van der Waals surface area contributed by atoms with Crippen molar-refractivity contribution in [1.82, 2.24) is 9.80 Å². The average molecular weight is 207 g/mol. The van der Waals surface area contributed by atoms with Gasteiger partial charge in [0.05, 0.1) is 12.0 Å². The molecule has 0 aromatic rings. The lowest BCUT2D eigenvalue weighted by Crippen LogP contribution is -2.65. The summed E-state index contributed by atoms with van der Waals surface area (Å²) in [5.41, 5.74) is -1.15. The maximum absolute atomic E-state index is 13.9. The molecule has 1 spiro atoms. The van der Waals surface area contributed by atoms with E-state index in [0.717, 1.165) is 4.90 Å². The predicted molar refractivity (Wildman–Crippen MR) is 51.6 cm³/mol. The molecule has 0 atom stereocenters. The molecule has 2 heterocycles. The summed E-state index contributed by atoms with van der Waals surface area (Å²) in [4.78, 5) is 2.89. The fraction of sp³-hybridized carbons (Fsp3) is 1.00. The van der Waals surface area contributed by atoms with Crippen LogP contribution < -0.4 is 0 Å². The molecule has 0 aliphatic carbocycles. The number of hydrogen-bond acceptors (Lipinski definition) is 2. The Morgan fingerprint density at radius 2 is 1.86 bits per heavy atom. The third kappa shape index (κ3) is 1.27. The molecule has 0 aromatic carbocycles. The second kappa shape index (κ2) is 2.89. The van der Waals surface area contributed by atoms with E-state index in [1.54, 1.807) is 0 Å². The van der Waals surface area contributed by atoms with Gasteiger partial charge in [-0.1, -0.05) is 0 Å². The van der Waals surface area contributed by atoms with Crippen molar-refractivity contribution < 1.29 is 12.9 Å². The summed E-state index contributed by atoms with van der Waals surface area (Å²) in [6, 6.07) is 0.234. The van der Waals surface area contributed by atoms with Crippen molar-refractivity contribution in [2.75, 3.05) is 33.2 Å². The van der Waals surface area contributed by atoms with E-state index in [1.807, 2.05) is 18.7 Å². The zero-order valence-electron chi connectivity index (χ0n) is 11.6. The van der Waals surface area contributed by atoms with E-state index in [1.165, 1.54) is 0 Å². The maximum Gasteiger partial charge on any atom is 0.269 e. The monoisotopic (exact) mass is 207 g/mol. The lowest BCUT2D eigenvalue weighted by atomic mass is 9.75. The van der Waals surface area contributed by atoms with Crippen LogP contribution in [0.4, 0.5) is 8.78 Å². The number of hydrogen-bond donors (Lipinski definition) is 0. The fourth-order valence-electron chi connectivity index (χ4n) is 2.37. The van der Waals surface area contributed by atoms with Crippen LogP contribution in [-0.4, -0.2) is 54.9 Å². The van der Waals surface area contributed by atoms with Gasteiger partial charge in [-0.2, -0.15) is 0 Å². The average Bonchev–Trinajstić information content (AvgIpc) is 2.32. The molecule has 0 amide bonds. The Hall–Kier alpha value is -0.220. The quantitative estimate of drug-likeness (QED) is 0.639. The van der Waals surface area contributed by atoms with Gasteiger partial charge in [0.15, 0.2) is 0 Å². The van der Waals surface area contributed by atoms with Crippen molar-refractivity contribution in [2.24, 2.45) is 5.41 Å². The Kier molecular flexibility index (Phi) is 1.47. The number of nitrogens with zero attached hydrogens (tertiary/aromatic N) is 2. The zero-order valence-corrected chi connectivity index (χ0v) is 8.56. The molecular weight excluding hydrogens is 186 g/mol. The lowest BCUT2D eigenvalue weighted by Gasteiger charge is -2.52. The summed E-state index contributed by atoms with van der Waals surface area (Å²) in [6.07, 6.45) is 0. The van der Waals surface area contributed by atoms with E-state index in [-0.39, 0.29) is 12.6 Å². The molecular formula is C10H18F2N2. The Morgan fingerprint density at radius 1 is 1.21 bits per heavy atom. The van der Waals surface area contributed by atoms with E-state index in [4.69, 9.17) is 4.11 Å². The fourth-order valence-corrected chi connectivity index (χ4v) is 2.37. The Morgan fingerprint density at radius 3 is 2.29 bits per heavy atom. The van der Waals surface area contributed by atoms with Crippen LogP contribution in [0.25, 0.3) is 0 Å². The first-order valence-corrected chi connectivity index (χ1v) is 4.94. The molecule has 0 unspecified atom stereocenters. The van der Waals surface area contributed by atoms with Crippen molar-refractivity contribution >= 4 is 0 Å². The molecule has 2 aliphatic heterocycles. The minimum atomic E-state index is -2.90. The Labute approximate surface area is 88.1 Å². The van der Waals surface area contributed by atoms with Crippen molar-refractivity contribution in [3.05, 3.63) is 0 Å². The molecule has 2 saturated heterocycles. The van der Waals surface area contributed by atoms with E-state index < -0.39 is 24.9 Å². The summed E-state index contributed by atoms with van der Waals surface area (Å²) < 4.78 is 49.6. The van der Waals surface area contributed by atoms with Crippen molar-refractivity contribution in [2.45, 2.75) is 25.8 Å². The summed E-state index contributed by atoms with van der Waals surface area (Å²) in [5.74, 6) is -2.90. The predicted octanol–water partition coefficient (Wildman–Crippen LogP) is 1.28. The van der Waals surface area contributed by atoms with E-state index in [9.17, 15) is 8.78 Å². The van der Waals surface area contributed by atoms with Crippen LogP contribution in [-0.2, 0) is 0 Å². The highest BCUT2D eigenvalue weighted by Gasteiger charge is 2.64. The van der Waals surface area contributed by atoms with Gasteiger partial charge in [0.2, 0.25) is 0 Å². The normalized spacial score (nSPS) is 35.4. The van der Waals surface area contributed by atoms with Crippen LogP contribution in [0, 0.1) is 5.41 Å². The maximum atomic E-state index is 13.9. The molecule has 4 heteroatoms. The summed E-state index contributed by atoms with van der Waals surface area (Å²) in [6.45, 7) is 1.43. The van der Waals surface area contributed by atoms with Gasteiger partial charge in [-0.15, -0.1) is 0 Å². The van der Waals surface area contributed by atoms with Gasteiger partial charge in [-0.25, -0.2) is 8.78 Å². The molecule has 0 N–H and O–H groups in total. The van der Waals surface area contributed by atoms with Gasteiger partial charge >= 0.3 is 0 Å². The number of rotatable bonds is 1. The topological polar surface area (TPSA) is 6.48 Å². The first-order valence-electron chi connectivity index (χ1n) is 6.44. The SMILES string of the molecule is [2H]C([2H])([2H])N1CC(F)(F)C2(CN(C(C)C)C2)C1. The second-order valence-electron chi connectivity index (χ2n) is 4.84. The largest absolute Gasteiger partial charge is 0.300 e. The smallest absolute Gasteiger partial charge is 0.269 e. The molecule has 0 aromatic heterocycles. The molecule has 2 fully saturated rings. The molecule has 14 heavy (non-hydrogen) atoms. The molecule has 2 rings (SSSR count). The first-order chi connectivity index (χ1) is 7.57. The Balaban J connectivity index is 2.11. The first kappa shape index (κ1) is 7.12. The van der Waals surface area contributed by atoms with Crippen LogP contribution in [0.15, 0.2) is 0 Å². The van der Waals surface area contributed by atoms with Crippen molar-refractivity contribution in [3.8, 4) is 0 Å². The van der Waals surface area contributed by atoms with E-state index in [2.05, 4.69) is 0 Å². The van der Waals surface area contributed by atoms with Crippen LogP contribution in [0.3, 0.4) is 0 Å². The van der Waals surface area contributed by atoms with Crippen LogP contribution in [0.2, 0.25) is 0 Å². The highest BCUT2D eigenvalue weighted by molar-refractivity contribution is 5.10. The molecule has 0 saturated carbocycles. The number of likely N-dealkylation sites (tertiary alicyclic amines) is 2. The number of halogens is 2. The molecule has 0 bridgehead atoms. The van der Waals surface area contributed by atoms with Crippen LogP contribution in [0.1, 0.15) is 18.0 Å². The van der Waals surface area contributed by atoms with Gasteiger partial charge in [0.1, 0.15) is 0 Å². The van der Waals surface area contributed by atoms with Crippen molar-refractivity contribution in [3.63, 3.8) is 0 Å². The molecule has 2 nitrogen and oxygen atoms in total. The highest BCUT2D eigenvalue weighted by atomic mass is 19.3. The minimum Gasteiger partial charge on any atom is -0.300 e. The summed E-state index contributed by atoms with van der Waals surface area (Å²) in [5, 5.41) is 0. The molecule has 0 radical (unpaired) electrons. The summed E-state index contributed by atoms with van der Waals surface area (Å²) >= 11 is 0. The zero-order chi connectivity index (χ0) is 13.1. The van der Waals surface area contributed by atoms with E-state index >= 15 is 0 Å². The highest BCUT2D eigenvalue weighted by Crippen LogP contribution is 2.49. The molecule has 82 valence electrons. The summed E-state index contributed by atoms with van der Waals surface area (Å²) in [7, 11) is 0. The Bertz CT molecular complexity index is 311. The van der Waals surface area contributed by atoms with Gasteiger partial charge in [0, 0.05) is 29.8 Å². The van der Waals surface area contributed by atoms with Crippen molar-refractivity contribution in [1.29, 1.82) is 0 Å². The van der Waals surface area contributed by atoms with Gasteiger partial charge in [-0.05, 0) is 20.8 Å². The third-order valence-electron chi connectivity index (χ3n) is 3.40. The van der Waals surface area contributed by atoms with Crippen LogP contribution in [0.5, 0.6) is 0 Å². The second-order valence-corrected chi connectivity index (χ2v) is 4.84. The molecule has 2 aliphatic rings.